The van der Waals surface area contributed by atoms with Crippen LogP contribution in [0, 0.1) is 0 Å². The number of aliphatic hydroxyl groups is 1. The molecule has 2 N–H and O–H groups in total. The molecule has 2 aromatic rings. The van der Waals surface area contributed by atoms with E-state index in [-0.39, 0.29) is 5.89 Å². The van der Waals surface area contributed by atoms with Gasteiger partial charge in [-0.3, -0.25) is 0 Å². The maximum atomic E-state index is 10.3. The van der Waals surface area contributed by atoms with Crippen molar-refractivity contribution in [3.8, 4) is 11.6 Å². The van der Waals surface area contributed by atoms with Crippen molar-refractivity contribution in [3.05, 3.63) is 18.3 Å². The van der Waals surface area contributed by atoms with Gasteiger partial charge in [0.2, 0.25) is 5.82 Å². The van der Waals surface area contributed by atoms with Crippen LogP contribution in [0.25, 0.3) is 11.6 Å². The third-order valence-electron chi connectivity index (χ3n) is 2.98. The summed E-state index contributed by atoms with van der Waals surface area (Å²) in [6.45, 7) is 1.19. The Morgan fingerprint density at radius 3 is 3.12 bits per heavy atom. The minimum absolute atomic E-state index is 0.250. The van der Waals surface area contributed by atoms with Gasteiger partial charge >= 0.3 is 0 Å². The minimum atomic E-state index is -1.05. The van der Waals surface area contributed by atoms with Gasteiger partial charge in [0.15, 0.2) is 11.4 Å². The van der Waals surface area contributed by atoms with Gasteiger partial charge in [-0.25, -0.2) is 4.98 Å². The number of aromatic nitrogens is 4. The van der Waals surface area contributed by atoms with Crippen LogP contribution < -0.4 is 5.32 Å². The highest BCUT2D eigenvalue weighted by molar-refractivity contribution is 5.42. The molecule has 1 aliphatic heterocycles. The average Bonchev–Trinajstić information content (AvgIpc) is 2.97. The highest BCUT2D eigenvalue weighted by Crippen LogP contribution is 2.27. The Kier molecular flexibility index (Phi) is 2.23. The van der Waals surface area contributed by atoms with E-state index in [2.05, 4.69) is 20.4 Å². The number of nitrogens with one attached hydrogen (secondary N) is 1. The molecule has 0 amide bonds. The van der Waals surface area contributed by atoms with Crippen molar-refractivity contribution in [2.24, 2.45) is 7.05 Å². The summed E-state index contributed by atoms with van der Waals surface area (Å²) in [5.41, 5.74) is -1.05. The van der Waals surface area contributed by atoms with Crippen LogP contribution in [0.15, 0.2) is 16.9 Å². The number of nitrogens with zero attached hydrogens (tertiary/aromatic N) is 4. The number of β-amino-alcohol motifs (C(OH)–C–C–N with tert-alkyl or cyclic N) is 1. The Morgan fingerprint density at radius 1 is 1.59 bits per heavy atom. The third-order valence-corrected chi connectivity index (χ3v) is 2.98. The lowest BCUT2D eigenvalue weighted by atomic mass is 10.0. The van der Waals surface area contributed by atoms with Gasteiger partial charge in [-0.1, -0.05) is 5.16 Å². The highest BCUT2D eigenvalue weighted by Gasteiger charge is 2.39. The van der Waals surface area contributed by atoms with Crippen LogP contribution in [-0.4, -0.2) is 37.9 Å². The lowest BCUT2D eigenvalue weighted by molar-refractivity contribution is 0.0243. The first-order valence-corrected chi connectivity index (χ1v) is 5.44. The van der Waals surface area contributed by atoms with Crippen molar-refractivity contribution in [2.75, 3.05) is 13.1 Å². The normalized spacial score (nSPS) is 24.4. The molecule has 1 fully saturated rings. The number of hydrogen-bond acceptors (Lipinski definition) is 6. The zero-order valence-electron chi connectivity index (χ0n) is 9.42. The molecule has 1 saturated heterocycles. The molecule has 7 nitrogen and oxygen atoms in total. The molecule has 0 spiro atoms. The second kappa shape index (κ2) is 3.64. The maximum absolute atomic E-state index is 10.3. The van der Waals surface area contributed by atoms with Crippen molar-refractivity contribution in [1.82, 2.24) is 25.0 Å². The average molecular weight is 235 g/mol. The summed E-state index contributed by atoms with van der Waals surface area (Å²) in [7, 11) is 1.85. The first-order valence-electron chi connectivity index (χ1n) is 5.44. The van der Waals surface area contributed by atoms with Crippen LogP contribution in [0.5, 0.6) is 0 Å². The number of hydrogen-bond donors (Lipinski definition) is 2. The minimum Gasteiger partial charge on any atom is -0.379 e. The van der Waals surface area contributed by atoms with Crippen molar-refractivity contribution in [3.63, 3.8) is 0 Å². The van der Waals surface area contributed by atoms with Gasteiger partial charge < -0.3 is 19.5 Å². The zero-order valence-corrected chi connectivity index (χ0v) is 9.42. The van der Waals surface area contributed by atoms with E-state index in [1.807, 2.05) is 7.05 Å². The Balaban J connectivity index is 1.96. The smallest absolute Gasteiger partial charge is 0.260 e. The monoisotopic (exact) mass is 235 g/mol. The number of imidazole rings is 1. The summed E-state index contributed by atoms with van der Waals surface area (Å²) in [6.07, 6.45) is 4.05. The maximum Gasteiger partial charge on any atom is 0.260 e. The van der Waals surface area contributed by atoms with Gasteiger partial charge in [0.05, 0.1) is 0 Å². The van der Waals surface area contributed by atoms with E-state index >= 15 is 0 Å². The van der Waals surface area contributed by atoms with Crippen LogP contribution in [0.4, 0.5) is 0 Å². The van der Waals surface area contributed by atoms with Crippen molar-refractivity contribution >= 4 is 0 Å². The Hall–Kier alpha value is -1.73. The number of aryl methyl sites for hydroxylation is 1. The SMILES string of the molecule is Cn1ccnc1-c1noc(C2(O)CCNC2)n1. The summed E-state index contributed by atoms with van der Waals surface area (Å²) >= 11 is 0. The quantitative estimate of drug-likeness (QED) is 0.739. The molecule has 1 aliphatic rings. The van der Waals surface area contributed by atoms with Crippen LogP contribution in [0.2, 0.25) is 0 Å². The predicted octanol–water partition coefficient (Wildman–Crippen LogP) is -0.349. The molecular weight excluding hydrogens is 222 g/mol. The van der Waals surface area contributed by atoms with Crippen molar-refractivity contribution in [1.29, 1.82) is 0 Å². The highest BCUT2D eigenvalue weighted by atomic mass is 16.5. The van der Waals surface area contributed by atoms with Gasteiger partial charge in [0.25, 0.3) is 5.89 Å². The summed E-state index contributed by atoms with van der Waals surface area (Å²) in [5.74, 6) is 1.27. The molecule has 2 aromatic heterocycles. The first-order chi connectivity index (χ1) is 8.19. The molecule has 0 aliphatic carbocycles. The topological polar surface area (TPSA) is 89.0 Å². The molecule has 0 radical (unpaired) electrons. The van der Waals surface area contributed by atoms with E-state index in [4.69, 9.17) is 4.52 Å². The van der Waals surface area contributed by atoms with Crippen LogP contribution in [-0.2, 0) is 12.6 Å². The van der Waals surface area contributed by atoms with Gasteiger partial charge in [0, 0.05) is 26.0 Å². The molecule has 3 rings (SSSR count). The fourth-order valence-corrected chi connectivity index (χ4v) is 1.95. The molecule has 1 unspecified atom stereocenters. The zero-order chi connectivity index (χ0) is 11.9. The predicted molar refractivity (Wildman–Crippen MR) is 57.9 cm³/mol. The lowest BCUT2D eigenvalue weighted by Gasteiger charge is -2.14. The molecular formula is C10H13N5O2. The van der Waals surface area contributed by atoms with Crippen LogP contribution >= 0.6 is 0 Å². The van der Waals surface area contributed by atoms with Crippen molar-refractivity contribution in [2.45, 2.75) is 12.0 Å². The lowest BCUT2D eigenvalue weighted by Crippen LogP contribution is -2.28. The first kappa shape index (κ1) is 10.4. The van der Waals surface area contributed by atoms with E-state index < -0.39 is 5.60 Å². The summed E-state index contributed by atoms with van der Waals surface area (Å²) in [6, 6.07) is 0. The summed E-state index contributed by atoms with van der Waals surface area (Å²) in [5, 5.41) is 17.2. The second-order valence-electron chi connectivity index (χ2n) is 4.24. The van der Waals surface area contributed by atoms with Gasteiger partial charge in [-0.05, 0) is 13.0 Å². The van der Waals surface area contributed by atoms with Gasteiger partial charge in [-0.2, -0.15) is 4.98 Å². The van der Waals surface area contributed by atoms with E-state index in [1.54, 1.807) is 17.0 Å². The molecule has 17 heavy (non-hydrogen) atoms. The fourth-order valence-electron chi connectivity index (χ4n) is 1.95. The third kappa shape index (κ3) is 1.63. The fraction of sp³-hybridized carbons (Fsp3) is 0.500. The van der Waals surface area contributed by atoms with E-state index in [0.717, 1.165) is 6.54 Å². The van der Waals surface area contributed by atoms with E-state index in [1.165, 1.54) is 0 Å². The largest absolute Gasteiger partial charge is 0.379 e. The van der Waals surface area contributed by atoms with Crippen LogP contribution in [0.3, 0.4) is 0 Å². The Bertz CT molecular complexity index is 526. The number of rotatable bonds is 2. The summed E-state index contributed by atoms with van der Waals surface area (Å²) in [4.78, 5) is 8.35. The molecule has 0 bridgehead atoms. The molecule has 90 valence electrons. The van der Waals surface area contributed by atoms with Gasteiger partial charge in [0.1, 0.15) is 0 Å². The van der Waals surface area contributed by atoms with Crippen LogP contribution in [0.1, 0.15) is 12.3 Å². The molecule has 7 heteroatoms. The molecule has 0 aromatic carbocycles. The second-order valence-corrected chi connectivity index (χ2v) is 4.24. The Labute approximate surface area is 97.5 Å². The molecule has 0 saturated carbocycles. The van der Waals surface area contributed by atoms with E-state index in [9.17, 15) is 5.11 Å². The van der Waals surface area contributed by atoms with Gasteiger partial charge in [-0.15, -0.1) is 0 Å². The van der Waals surface area contributed by atoms with E-state index in [0.29, 0.717) is 24.6 Å². The standard InChI is InChI=1S/C10H13N5O2/c1-15-5-4-12-8(15)7-13-9(17-14-7)10(16)2-3-11-6-10/h4-5,11,16H,2-3,6H2,1H3. The molecule has 1 atom stereocenters. The Morgan fingerprint density at radius 2 is 2.47 bits per heavy atom. The van der Waals surface area contributed by atoms with Crippen molar-refractivity contribution < 1.29 is 9.63 Å². The molecule has 3 heterocycles. The summed E-state index contributed by atoms with van der Waals surface area (Å²) < 4.78 is 6.92.